The van der Waals surface area contributed by atoms with Crippen molar-refractivity contribution in [2.75, 3.05) is 5.32 Å². The maximum atomic E-state index is 13.3. The number of hydrogen-bond acceptors (Lipinski definition) is 1. The molecule has 20 heavy (non-hydrogen) atoms. The van der Waals surface area contributed by atoms with Crippen molar-refractivity contribution in [1.29, 1.82) is 0 Å². The Labute approximate surface area is 119 Å². The number of anilines is 1. The average molecular weight is 297 g/mol. The number of carbonyl (C=O) groups is 1. The normalized spacial score (nSPS) is 10.2. The second kappa shape index (κ2) is 6.34. The molecule has 0 aliphatic heterocycles. The second-order valence-electron chi connectivity index (χ2n) is 4.06. The Balaban J connectivity index is 1.92. The molecule has 0 aliphatic carbocycles. The predicted octanol–water partition coefficient (Wildman–Crippen LogP) is 3.94. The molecule has 0 unspecified atom stereocenters. The van der Waals surface area contributed by atoms with E-state index >= 15 is 0 Å². The molecule has 0 bridgehead atoms. The van der Waals surface area contributed by atoms with Gasteiger partial charge in [-0.15, -0.1) is 0 Å². The van der Waals surface area contributed by atoms with Crippen molar-refractivity contribution in [2.45, 2.75) is 6.54 Å². The van der Waals surface area contributed by atoms with Crippen molar-refractivity contribution in [1.82, 2.24) is 5.32 Å². The summed E-state index contributed by atoms with van der Waals surface area (Å²) in [7, 11) is 0. The molecule has 0 heterocycles. The predicted molar refractivity (Wildman–Crippen MR) is 73.7 cm³/mol. The van der Waals surface area contributed by atoms with Crippen LogP contribution in [0.25, 0.3) is 0 Å². The standard InChI is InChI=1S/C14H11ClF2N2O/c15-10-3-1-9(2-4-10)8-18-14(20)19-13-7-11(16)5-6-12(13)17/h1-7H,8H2,(H2,18,19,20). The van der Waals surface area contributed by atoms with Gasteiger partial charge in [0.25, 0.3) is 0 Å². The van der Waals surface area contributed by atoms with Crippen molar-refractivity contribution in [2.24, 2.45) is 0 Å². The molecular formula is C14H11ClF2N2O. The summed E-state index contributed by atoms with van der Waals surface area (Å²) in [6, 6.07) is 9.12. The van der Waals surface area contributed by atoms with Crippen LogP contribution in [0.3, 0.4) is 0 Å². The SMILES string of the molecule is O=C(NCc1ccc(Cl)cc1)Nc1cc(F)ccc1F. The van der Waals surface area contributed by atoms with E-state index in [1.165, 1.54) is 0 Å². The Hall–Kier alpha value is -2.14. The van der Waals surface area contributed by atoms with E-state index < -0.39 is 17.7 Å². The smallest absolute Gasteiger partial charge is 0.319 e. The van der Waals surface area contributed by atoms with E-state index in [1.54, 1.807) is 24.3 Å². The fraction of sp³-hybridized carbons (Fsp3) is 0.0714. The summed E-state index contributed by atoms with van der Waals surface area (Å²) >= 11 is 5.74. The van der Waals surface area contributed by atoms with Crippen LogP contribution in [0.15, 0.2) is 42.5 Å². The molecule has 0 spiro atoms. The molecule has 0 saturated carbocycles. The van der Waals surface area contributed by atoms with Crippen LogP contribution in [-0.2, 0) is 6.54 Å². The quantitative estimate of drug-likeness (QED) is 0.885. The zero-order valence-corrected chi connectivity index (χ0v) is 11.0. The Kier molecular flexibility index (Phi) is 4.53. The molecule has 0 aromatic heterocycles. The highest BCUT2D eigenvalue weighted by Crippen LogP contribution is 2.15. The van der Waals surface area contributed by atoms with Gasteiger partial charge in [0.2, 0.25) is 0 Å². The number of benzene rings is 2. The number of carbonyl (C=O) groups excluding carboxylic acids is 1. The molecule has 2 N–H and O–H groups in total. The third-order valence-corrected chi connectivity index (χ3v) is 2.79. The maximum Gasteiger partial charge on any atom is 0.319 e. The van der Waals surface area contributed by atoms with E-state index in [0.29, 0.717) is 5.02 Å². The van der Waals surface area contributed by atoms with Gasteiger partial charge in [-0.3, -0.25) is 0 Å². The van der Waals surface area contributed by atoms with Crippen LogP contribution in [0.5, 0.6) is 0 Å². The lowest BCUT2D eigenvalue weighted by Crippen LogP contribution is -2.28. The molecule has 0 atom stereocenters. The highest BCUT2D eigenvalue weighted by molar-refractivity contribution is 6.30. The van der Waals surface area contributed by atoms with Crippen LogP contribution in [0.2, 0.25) is 5.02 Å². The first-order valence-corrected chi connectivity index (χ1v) is 6.17. The van der Waals surface area contributed by atoms with Crippen molar-refractivity contribution in [3.05, 3.63) is 64.7 Å². The molecule has 104 valence electrons. The van der Waals surface area contributed by atoms with Crippen molar-refractivity contribution in [3.8, 4) is 0 Å². The van der Waals surface area contributed by atoms with Gasteiger partial charge in [-0.2, -0.15) is 0 Å². The van der Waals surface area contributed by atoms with Crippen molar-refractivity contribution < 1.29 is 13.6 Å². The molecule has 0 aliphatic rings. The summed E-state index contributed by atoms with van der Waals surface area (Å²) in [4.78, 5) is 11.6. The van der Waals surface area contributed by atoms with Crippen molar-refractivity contribution in [3.63, 3.8) is 0 Å². The molecule has 3 nitrogen and oxygen atoms in total. The van der Waals surface area contributed by atoms with Gasteiger partial charge < -0.3 is 10.6 Å². The molecule has 2 amide bonds. The third-order valence-electron chi connectivity index (χ3n) is 2.54. The van der Waals surface area contributed by atoms with E-state index in [4.69, 9.17) is 11.6 Å². The highest BCUT2D eigenvalue weighted by atomic mass is 35.5. The summed E-state index contributed by atoms with van der Waals surface area (Å²) in [5, 5.41) is 5.37. The molecular weight excluding hydrogens is 286 g/mol. The molecule has 0 saturated heterocycles. The summed E-state index contributed by atoms with van der Waals surface area (Å²) in [5.41, 5.74) is 0.628. The fourth-order valence-corrected chi connectivity index (χ4v) is 1.67. The van der Waals surface area contributed by atoms with E-state index in [2.05, 4.69) is 10.6 Å². The molecule has 0 fully saturated rings. The summed E-state index contributed by atoms with van der Waals surface area (Å²) < 4.78 is 26.2. The Morgan fingerprint density at radius 2 is 1.80 bits per heavy atom. The van der Waals surface area contributed by atoms with Crippen LogP contribution in [0, 0.1) is 11.6 Å². The lowest BCUT2D eigenvalue weighted by atomic mass is 10.2. The Bertz CT molecular complexity index is 617. The first-order chi connectivity index (χ1) is 9.54. The third kappa shape index (κ3) is 3.93. The van der Waals surface area contributed by atoms with Gasteiger partial charge in [0.15, 0.2) is 0 Å². The minimum atomic E-state index is -0.701. The number of urea groups is 1. The van der Waals surface area contributed by atoms with Crippen LogP contribution in [-0.4, -0.2) is 6.03 Å². The summed E-state index contributed by atoms with van der Waals surface area (Å²) in [6.07, 6.45) is 0. The minimum absolute atomic E-state index is 0.210. The van der Waals surface area contributed by atoms with Crippen molar-refractivity contribution >= 4 is 23.3 Å². The van der Waals surface area contributed by atoms with Gasteiger partial charge >= 0.3 is 6.03 Å². The zero-order chi connectivity index (χ0) is 14.5. The average Bonchev–Trinajstić information content (AvgIpc) is 2.42. The van der Waals surface area contributed by atoms with E-state index in [9.17, 15) is 13.6 Å². The molecule has 2 aromatic carbocycles. The molecule has 6 heteroatoms. The highest BCUT2D eigenvalue weighted by Gasteiger charge is 2.07. The summed E-state index contributed by atoms with van der Waals surface area (Å²) in [6.45, 7) is 0.250. The second-order valence-corrected chi connectivity index (χ2v) is 4.49. The van der Waals surface area contributed by atoms with Gasteiger partial charge in [-0.1, -0.05) is 23.7 Å². The minimum Gasteiger partial charge on any atom is -0.334 e. The molecule has 2 rings (SSSR count). The van der Waals surface area contributed by atoms with Gasteiger partial charge in [-0.05, 0) is 29.8 Å². The van der Waals surface area contributed by atoms with E-state index in [-0.39, 0.29) is 12.2 Å². The largest absolute Gasteiger partial charge is 0.334 e. The van der Waals surface area contributed by atoms with Gasteiger partial charge in [0.1, 0.15) is 11.6 Å². The zero-order valence-electron chi connectivity index (χ0n) is 10.3. The first-order valence-electron chi connectivity index (χ1n) is 5.79. The van der Waals surface area contributed by atoms with Crippen LogP contribution >= 0.6 is 11.6 Å². The fourth-order valence-electron chi connectivity index (χ4n) is 1.54. The lowest BCUT2D eigenvalue weighted by molar-refractivity contribution is 0.251. The van der Waals surface area contributed by atoms with Gasteiger partial charge in [0, 0.05) is 17.6 Å². The molecule has 0 radical (unpaired) electrons. The van der Waals surface area contributed by atoms with E-state index in [0.717, 1.165) is 23.8 Å². The topological polar surface area (TPSA) is 41.1 Å². The van der Waals surface area contributed by atoms with E-state index in [1.807, 2.05) is 0 Å². The maximum absolute atomic E-state index is 13.3. The number of halogens is 3. The van der Waals surface area contributed by atoms with Gasteiger partial charge in [0.05, 0.1) is 5.69 Å². The lowest BCUT2D eigenvalue weighted by Gasteiger charge is -2.08. The number of nitrogens with one attached hydrogen (secondary N) is 2. The Morgan fingerprint density at radius 1 is 1.10 bits per heavy atom. The summed E-state index contributed by atoms with van der Waals surface area (Å²) in [5.74, 6) is -1.33. The molecule has 2 aromatic rings. The van der Waals surface area contributed by atoms with Crippen LogP contribution < -0.4 is 10.6 Å². The number of hydrogen-bond donors (Lipinski definition) is 2. The Morgan fingerprint density at radius 3 is 2.50 bits per heavy atom. The van der Waals surface area contributed by atoms with Gasteiger partial charge in [-0.25, -0.2) is 13.6 Å². The number of amides is 2. The van der Waals surface area contributed by atoms with Crippen LogP contribution in [0.4, 0.5) is 19.3 Å². The van der Waals surface area contributed by atoms with Crippen LogP contribution in [0.1, 0.15) is 5.56 Å². The number of rotatable bonds is 3. The first kappa shape index (κ1) is 14.3. The monoisotopic (exact) mass is 296 g/mol.